The molecule has 0 spiro atoms. The molecule has 9 rings (SSSR count). The molecule has 8 aromatic rings. The summed E-state index contributed by atoms with van der Waals surface area (Å²) < 4.78 is 4.81. The second-order valence-corrected chi connectivity index (χ2v) is 11.8. The number of aromatic nitrogens is 2. The average molecular weight is 563 g/mol. The van der Waals surface area contributed by atoms with Crippen LogP contribution in [0.2, 0.25) is 0 Å². The van der Waals surface area contributed by atoms with E-state index in [0.717, 1.165) is 6.42 Å². The quantitative estimate of drug-likeness (QED) is 0.202. The standard InChI is InChI=1S/C42H30N2/c1-4-12-29(13-5-1)30-20-23-41-37(26-30)38-28-32(22-25-42(38)44(41)34-16-8-3-9-17-34)31-21-24-40-36(27-31)35-18-10-11-19-39(35)43(40)33-14-6-2-7-15-33/h1-25,27-28,30H,26H2. The predicted molar refractivity (Wildman–Crippen MR) is 185 cm³/mol. The molecule has 2 heteroatoms. The largest absolute Gasteiger partial charge is 0.310 e. The van der Waals surface area contributed by atoms with Gasteiger partial charge in [-0.25, -0.2) is 0 Å². The number of hydrogen-bond acceptors (Lipinski definition) is 0. The second kappa shape index (κ2) is 10.00. The van der Waals surface area contributed by atoms with Gasteiger partial charge in [-0.15, -0.1) is 0 Å². The number of rotatable bonds is 4. The van der Waals surface area contributed by atoms with E-state index in [1.807, 2.05) is 0 Å². The molecule has 0 aliphatic heterocycles. The van der Waals surface area contributed by atoms with Gasteiger partial charge in [0, 0.05) is 39.1 Å². The molecule has 0 amide bonds. The van der Waals surface area contributed by atoms with E-state index in [9.17, 15) is 0 Å². The summed E-state index contributed by atoms with van der Waals surface area (Å²) in [7, 11) is 0. The highest BCUT2D eigenvalue weighted by atomic mass is 15.0. The van der Waals surface area contributed by atoms with Crippen molar-refractivity contribution in [2.24, 2.45) is 0 Å². The van der Waals surface area contributed by atoms with E-state index in [1.54, 1.807) is 0 Å². The maximum absolute atomic E-state index is 2.43. The molecule has 1 atom stereocenters. The third kappa shape index (κ3) is 3.88. The van der Waals surface area contributed by atoms with Gasteiger partial charge in [0.15, 0.2) is 0 Å². The van der Waals surface area contributed by atoms with E-state index in [0.29, 0.717) is 5.92 Å². The lowest BCUT2D eigenvalue weighted by Crippen LogP contribution is -2.07. The summed E-state index contributed by atoms with van der Waals surface area (Å²) in [5.41, 5.74) is 12.7. The first-order valence-electron chi connectivity index (χ1n) is 15.4. The van der Waals surface area contributed by atoms with Crippen LogP contribution in [0.1, 0.15) is 22.7 Å². The van der Waals surface area contributed by atoms with E-state index in [-0.39, 0.29) is 0 Å². The van der Waals surface area contributed by atoms with E-state index in [1.165, 1.54) is 72.0 Å². The molecule has 2 heterocycles. The van der Waals surface area contributed by atoms with Gasteiger partial charge in [-0.1, -0.05) is 103 Å². The Hall–Kier alpha value is -5.60. The molecule has 0 radical (unpaired) electrons. The predicted octanol–water partition coefficient (Wildman–Crippen LogP) is 10.7. The maximum Gasteiger partial charge on any atom is 0.0541 e. The van der Waals surface area contributed by atoms with Gasteiger partial charge in [-0.3, -0.25) is 0 Å². The fourth-order valence-electron chi connectivity index (χ4n) is 7.23. The van der Waals surface area contributed by atoms with Crippen LogP contribution in [0.5, 0.6) is 0 Å². The van der Waals surface area contributed by atoms with Gasteiger partial charge in [0.1, 0.15) is 0 Å². The highest BCUT2D eigenvalue weighted by molar-refractivity contribution is 6.10. The Kier molecular flexibility index (Phi) is 5.67. The average Bonchev–Trinajstić information content (AvgIpc) is 3.61. The van der Waals surface area contributed by atoms with Crippen molar-refractivity contribution < 1.29 is 0 Å². The number of nitrogens with zero attached hydrogens (tertiary/aromatic N) is 2. The lowest BCUT2D eigenvalue weighted by molar-refractivity contribution is 0.825. The second-order valence-electron chi connectivity index (χ2n) is 11.8. The summed E-state index contributed by atoms with van der Waals surface area (Å²) in [5.74, 6) is 0.364. The molecule has 44 heavy (non-hydrogen) atoms. The van der Waals surface area contributed by atoms with E-state index in [2.05, 4.69) is 173 Å². The van der Waals surface area contributed by atoms with Crippen molar-refractivity contribution in [2.75, 3.05) is 0 Å². The summed E-state index contributed by atoms with van der Waals surface area (Å²) in [4.78, 5) is 0. The number of allylic oxidation sites excluding steroid dienone is 1. The molecule has 1 aliphatic rings. The van der Waals surface area contributed by atoms with Gasteiger partial charge in [-0.2, -0.15) is 0 Å². The molecule has 0 saturated heterocycles. The zero-order valence-corrected chi connectivity index (χ0v) is 24.3. The van der Waals surface area contributed by atoms with Crippen LogP contribution in [-0.4, -0.2) is 9.13 Å². The Morgan fingerprint density at radius 1 is 0.455 bits per heavy atom. The summed E-state index contributed by atoms with van der Waals surface area (Å²) in [6.07, 6.45) is 5.71. The minimum atomic E-state index is 0.364. The van der Waals surface area contributed by atoms with Crippen molar-refractivity contribution in [1.82, 2.24) is 9.13 Å². The van der Waals surface area contributed by atoms with Crippen molar-refractivity contribution in [2.45, 2.75) is 12.3 Å². The van der Waals surface area contributed by atoms with Crippen LogP contribution in [0.3, 0.4) is 0 Å². The molecular formula is C42H30N2. The molecule has 0 fully saturated rings. The fourth-order valence-corrected chi connectivity index (χ4v) is 7.23. The normalized spacial score (nSPS) is 14.4. The molecule has 6 aromatic carbocycles. The van der Waals surface area contributed by atoms with Crippen LogP contribution >= 0.6 is 0 Å². The monoisotopic (exact) mass is 562 g/mol. The van der Waals surface area contributed by atoms with Crippen molar-refractivity contribution in [3.8, 4) is 22.5 Å². The van der Waals surface area contributed by atoms with Gasteiger partial charge in [0.2, 0.25) is 0 Å². The summed E-state index contributed by atoms with van der Waals surface area (Å²) in [6.45, 7) is 0. The maximum atomic E-state index is 2.43. The van der Waals surface area contributed by atoms with E-state index in [4.69, 9.17) is 0 Å². The highest BCUT2D eigenvalue weighted by Crippen LogP contribution is 2.41. The third-order valence-corrected chi connectivity index (χ3v) is 9.29. The molecule has 1 aliphatic carbocycles. The Labute approximate surface area is 256 Å². The molecule has 0 bridgehead atoms. The van der Waals surface area contributed by atoms with Crippen molar-refractivity contribution in [3.63, 3.8) is 0 Å². The van der Waals surface area contributed by atoms with Crippen LogP contribution in [-0.2, 0) is 6.42 Å². The topological polar surface area (TPSA) is 9.86 Å². The first kappa shape index (κ1) is 24.9. The number of benzene rings is 6. The minimum Gasteiger partial charge on any atom is -0.310 e. The van der Waals surface area contributed by atoms with Crippen LogP contribution in [0.4, 0.5) is 0 Å². The van der Waals surface area contributed by atoms with Gasteiger partial charge in [0.05, 0.1) is 16.6 Å². The minimum absolute atomic E-state index is 0.364. The first-order chi connectivity index (χ1) is 21.8. The van der Waals surface area contributed by atoms with E-state index < -0.39 is 0 Å². The van der Waals surface area contributed by atoms with Crippen molar-refractivity contribution in [1.29, 1.82) is 0 Å². The zero-order valence-electron chi connectivity index (χ0n) is 24.3. The lowest BCUT2D eigenvalue weighted by Gasteiger charge is -2.19. The van der Waals surface area contributed by atoms with Gasteiger partial charge >= 0.3 is 0 Å². The highest BCUT2D eigenvalue weighted by Gasteiger charge is 2.24. The smallest absolute Gasteiger partial charge is 0.0541 e. The summed E-state index contributed by atoms with van der Waals surface area (Å²) in [6, 6.07) is 55.1. The van der Waals surface area contributed by atoms with Gasteiger partial charge < -0.3 is 9.13 Å². The summed E-state index contributed by atoms with van der Waals surface area (Å²) >= 11 is 0. The van der Waals surface area contributed by atoms with Gasteiger partial charge in [0.25, 0.3) is 0 Å². The number of para-hydroxylation sites is 3. The Morgan fingerprint density at radius 2 is 1.00 bits per heavy atom. The van der Waals surface area contributed by atoms with Gasteiger partial charge in [-0.05, 0) is 89.3 Å². The molecule has 0 N–H and O–H groups in total. The van der Waals surface area contributed by atoms with Crippen molar-refractivity contribution in [3.05, 3.63) is 175 Å². The van der Waals surface area contributed by atoms with Crippen LogP contribution < -0.4 is 0 Å². The van der Waals surface area contributed by atoms with E-state index >= 15 is 0 Å². The fraction of sp³-hybridized carbons (Fsp3) is 0.0476. The Bertz CT molecular complexity index is 2340. The first-order valence-corrected chi connectivity index (χ1v) is 15.4. The lowest BCUT2D eigenvalue weighted by atomic mass is 9.86. The number of hydrogen-bond donors (Lipinski definition) is 0. The van der Waals surface area contributed by atoms with Crippen LogP contribution in [0, 0.1) is 0 Å². The van der Waals surface area contributed by atoms with Crippen LogP contribution in [0.25, 0.3) is 61.3 Å². The Balaban J connectivity index is 1.23. The molecule has 2 aromatic heterocycles. The SMILES string of the molecule is C1=CC(c2ccccc2)Cc2c1n(-c1ccccc1)c1ccc(-c3ccc4c(c3)c3ccccc3n4-c3ccccc3)cc21. The molecule has 208 valence electrons. The molecule has 2 nitrogen and oxygen atoms in total. The zero-order chi connectivity index (χ0) is 29.0. The van der Waals surface area contributed by atoms with Crippen LogP contribution in [0.15, 0.2) is 158 Å². The molecule has 0 saturated carbocycles. The number of fused-ring (bicyclic) bond motifs is 6. The summed E-state index contributed by atoms with van der Waals surface area (Å²) in [5, 5.41) is 3.88. The third-order valence-electron chi connectivity index (χ3n) is 9.29. The molecular weight excluding hydrogens is 532 g/mol. The molecule has 1 unspecified atom stereocenters. The Morgan fingerprint density at radius 3 is 1.70 bits per heavy atom. The van der Waals surface area contributed by atoms with Crippen molar-refractivity contribution >= 4 is 38.8 Å².